The van der Waals surface area contributed by atoms with E-state index in [1.165, 1.54) is 5.56 Å². The molecule has 4 heteroatoms. The third-order valence-corrected chi connectivity index (χ3v) is 3.04. The zero-order valence-corrected chi connectivity index (χ0v) is 9.40. The van der Waals surface area contributed by atoms with E-state index in [4.69, 9.17) is 5.73 Å². The van der Waals surface area contributed by atoms with E-state index < -0.39 is 0 Å². The molecule has 13 heavy (non-hydrogen) atoms. The quantitative estimate of drug-likeness (QED) is 0.908. The van der Waals surface area contributed by atoms with Gasteiger partial charge in [-0.15, -0.1) is 0 Å². The molecule has 0 saturated heterocycles. The lowest BCUT2D eigenvalue weighted by molar-refractivity contribution is 0.267. The number of carbonyl (C=O) groups excluding carboxylic acids is 1. The Morgan fingerprint density at radius 2 is 2.15 bits per heavy atom. The maximum absolute atomic E-state index is 10.4. The number of nitrogens with two attached hydrogens (primary N) is 1. The molecule has 1 aromatic rings. The van der Waals surface area contributed by atoms with Crippen LogP contribution in [0.25, 0.3) is 0 Å². The van der Waals surface area contributed by atoms with Crippen molar-refractivity contribution < 1.29 is 4.79 Å². The summed E-state index contributed by atoms with van der Waals surface area (Å²) in [5.41, 5.74) is 6.21. The predicted octanol–water partition coefficient (Wildman–Crippen LogP) is 2.80. The smallest absolute Gasteiger partial charge is 0.276 e. The minimum atomic E-state index is -0.313. The monoisotopic (exact) mass is 259 g/mol. The third kappa shape index (κ3) is 3.83. The summed E-state index contributed by atoms with van der Waals surface area (Å²) in [5, 5.41) is -0.313. The van der Waals surface area contributed by atoms with E-state index >= 15 is 0 Å². The van der Waals surface area contributed by atoms with Gasteiger partial charge < -0.3 is 5.73 Å². The van der Waals surface area contributed by atoms with Gasteiger partial charge in [0.05, 0.1) is 0 Å². The molecule has 1 rings (SSSR count). The van der Waals surface area contributed by atoms with E-state index in [0.717, 1.165) is 28.4 Å². The van der Waals surface area contributed by atoms with Crippen molar-refractivity contribution in [2.24, 2.45) is 5.73 Å². The maximum atomic E-state index is 10.4. The number of primary amides is 1. The number of aryl methyl sites for hydroxylation is 1. The Hall–Kier alpha value is -0.480. The van der Waals surface area contributed by atoms with Gasteiger partial charge in [0.15, 0.2) is 0 Å². The van der Waals surface area contributed by atoms with E-state index in [2.05, 4.69) is 15.9 Å². The highest BCUT2D eigenvalue weighted by molar-refractivity contribution is 9.10. The summed E-state index contributed by atoms with van der Waals surface area (Å²) < 4.78 is 1.08. The first-order valence-corrected chi connectivity index (χ1v) is 5.63. The van der Waals surface area contributed by atoms with Crippen LogP contribution in [0.3, 0.4) is 0 Å². The van der Waals surface area contributed by atoms with Crippen LogP contribution in [0.15, 0.2) is 28.7 Å². The van der Waals surface area contributed by atoms with Crippen LogP contribution < -0.4 is 5.73 Å². The molecule has 0 atom stereocenters. The summed E-state index contributed by atoms with van der Waals surface area (Å²) in [7, 11) is 0. The van der Waals surface area contributed by atoms with Gasteiger partial charge in [-0.3, -0.25) is 4.79 Å². The number of amides is 1. The van der Waals surface area contributed by atoms with Crippen LogP contribution in [-0.2, 0) is 6.42 Å². The van der Waals surface area contributed by atoms with Crippen molar-refractivity contribution in [3.05, 3.63) is 34.3 Å². The second-order valence-corrected chi connectivity index (χ2v) is 4.46. The molecule has 0 bridgehead atoms. The largest absolute Gasteiger partial charge is 0.361 e. The predicted molar refractivity (Wildman–Crippen MR) is 59.9 cm³/mol. The van der Waals surface area contributed by atoms with Gasteiger partial charge >= 0.3 is 0 Å². The number of hydrogen-bond acceptors (Lipinski definition) is 2. The van der Waals surface area contributed by atoms with Gasteiger partial charge in [0, 0.05) is 10.2 Å². The Labute approximate surface area is 90.0 Å². The van der Waals surface area contributed by atoms with Crippen molar-refractivity contribution in [3.63, 3.8) is 0 Å². The van der Waals surface area contributed by atoms with Gasteiger partial charge in [-0.25, -0.2) is 0 Å². The molecule has 0 aliphatic carbocycles. The lowest BCUT2D eigenvalue weighted by Gasteiger charge is -2.01. The second-order valence-electron chi connectivity index (χ2n) is 2.51. The van der Waals surface area contributed by atoms with Crippen LogP contribution >= 0.6 is 27.7 Å². The first kappa shape index (κ1) is 10.6. The van der Waals surface area contributed by atoms with Crippen molar-refractivity contribution in [3.8, 4) is 0 Å². The molecule has 0 unspecified atom stereocenters. The van der Waals surface area contributed by atoms with Crippen LogP contribution in [0, 0.1) is 0 Å². The van der Waals surface area contributed by atoms with Crippen molar-refractivity contribution in [2.45, 2.75) is 6.42 Å². The second kappa shape index (κ2) is 5.29. The Morgan fingerprint density at radius 3 is 2.77 bits per heavy atom. The van der Waals surface area contributed by atoms with Crippen LogP contribution in [0.1, 0.15) is 5.56 Å². The zero-order chi connectivity index (χ0) is 9.68. The van der Waals surface area contributed by atoms with Crippen LogP contribution in [0.4, 0.5) is 4.79 Å². The van der Waals surface area contributed by atoms with Crippen molar-refractivity contribution in [1.82, 2.24) is 0 Å². The molecule has 2 N–H and O–H groups in total. The number of carbonyl (C=O) groups is 1. The fourth-order valence-electron chi connectivity index (χ4n) is 0.963. The van der Waals surface area contributed by atoms with E-state index in [1.54, 1.807) is 0 Å². The number of rotatable bonds is 3. The summed E-state index contributed by atoms with van der Waals surface area (Å²) >= 11 is 4.59. The number of thioether (sulfide) groups is 1. The molecule has 0 fully saturated rings. The molecule has 0 spiro atoms. The molecule has 0 aliphatic heterocycles. The lowest BCUT2D eigenvalue weighted by atomic mass is 10.2. The molecular formula is C9H10BrNOS. The average Bonchev–Trinajstić information content (AvgIpc) is 2.08. The zero-order valence-electron chi connectivity index (χ0n) is 7.00. The Balaban J connectivity index is 2.45. The van der Waals surface area contributed by atoms with Gasteiger partial charge in [-0.05, 0) is 18.1 Å². The minimum absolute atomic E-state index is 0.313. The molecular weight excluding hydrogens is 250 g/mol. The number of halogens is 1. The number of benzene rings is 1. The average molecular weight is 260 g/mol. The SMILES string of the molecule is NC(=O)SCCc1ccccc1Br. The molecule has 70 valence electrons. The molecule has 0 aliphatic rings. The van der Waals surface area contributed by atoms with Crippen molar-refractivity contribution in [2.75, 3.05) is 5.75 Å². The summed E-state index contributed by atoms with van der Waals surface area (Å²) in [5.74, 6) is 0.734. The van der Waals surface area contributed by atoms with Gasteiger partial charge in [0.25, 0.3) is 5.24 Å². The van der Waals surface area contributed by atoms with Gasteiger partial charge in [-0.2, -0.15) is 0 Å². The fraction of sp³-hybridized carbons (Fsp3) is 0.222. The summed E-state index contributed by atoms with van der Waals surface area (Å²) in [6.45, 7) is 0. The summed E-state index contributed by atoms with van der Waals surface area (Å²) in [4.78, 5) is 10.4. The normalized spacial score (nSPS) is 9.92. The van der Waals surface area contributed by atoms with Crippen molar-refractivity contribution in [1.29, 1.82) is 0 Å². The molecule has 0 radical (unpaired) electrons. The van der Waals surface area contributed by atoms with Crippen LogP contribution in [-0.4, -0.2) is 11.0 Å². The molecule has 2 nitrogen and oxygen atoms in total. The topological polar surface area (TPSA) is 43.1 Å². The van der Waals surface area contributed by atoms with Gasteiger partial charge in [0.1, 0.15) is 0 Å². The first-order valence-electron chi connectivity index (χ1n) is 3.86. The van der Waals surface area contributed by atoms with Crippen LogP contribution in [0.5, 0.6) is 0 Å². The molecule has 0 aromatic heterocycles. The Morgan fingerprint density at radius 1 is 1.46 bits per heavy atom. The Kier molecular flexibility index (Phi) is 4.32. The first-order chi connectivity index (χ1) is 6.20. The molecule has 1 amide bonds. The molecule has 0 saturated carbocycles. The standard InChI is InChI=1S/C9H10BrNOS/c10-8-4-2-1-3-7(8)5-6-13-9(11)12/h1-4H,5-6H2,(H2,11,12). The minimum Gasteiger partial charge on any atom is -0.361 e. The van der Waals surface area contributed by atoms with E-state index in [0.29, 0.717) is 0 Å². The summed E-state index contributed by atoms with van der Waals surface area (Å²) in [6, 6.07) is 7.97. The molecule has 0 heterocycles. The highest BCUT2D eigenvalue weighted by Gasteiger charge is 1.99. The third-order valence-electron chi connectivity index (χ3n) is 1.57. The number of hydrogen-bond donors (Lipinski definition) is 1. The van der Waals surface area contributed by atoms with E-state index in [9.17, 15) is 4.79 Å². The van der Waals surface area contributed by atoms with Gasteiger partial charge in [0.2, 0.25) is 0 Å². The Bertz CT molecular complexity index is 303. The fourth-order valence-corrected chi connectivity index (χ4v) is 1.97. The highest BCUT2D eigenvalue weighted by atomic mass is 79.9. The van der Waals surface area contributed by atoms with Crippen LogP contribution in [0.2, 0.25) is 0 Å². The van der Waals surface area contributed by atoms with Gasteiger partial charge in [-0.1, -0.05) is 45.9 Å². The highest BCUT2D eigenvalue weighted by Crippen LogP contribution is 2.17. The molecule has 1 aromatic carbocycles. The lowest BCUT2D eigenvalue weighted by Crippen LogP contribution is -2.04. The maximum Gasteiger partial charge on any atom is 0.276 e. The van der Waals surface area contributed by atoms with E-state index in [-0.39, 0.29) is 5.24 Å². The summed E-state index contributed by atoms with van der Waals surface area (Å²) in [6.07, 6.45) is 0.856. The van der Waals surface area contributed by atoms with E-state index in [1.807, 2.05) is 24.3 Å². The van der Waals surface area contributed by atoms with Crippen molar-refractivity contribution >= 4 is 32.9 Å².